The van der Waals surface area contributed by atoms with Gasteiger partial charge in [-0.05, 0) is 25.1 Å². The molecule has 1 rings (SSSR count). The maximum Gasteiger partial charge on any atom is 0.0581 e. The summed E-state index contributed by atoms with van der Waals surface area (Å²) in [5.41, 5.74) is 0. The first-order chi connectivity index (χ1) is 8.76. The predicted molar refractivity (Wildman–Crippen MR) is 86.6 cm³/mol. The van der Waals surface area contributed by atoms with Gasteiger partial charge in [-0.3, -0.25) is 4.99 Å². The Labute approximate surface area is 115 Å². The third-order valence-electron chi connectivity index (χ3n) is 5.17. The highest BCUT2D eigenvalue weighted by molar-refractivity contribution is 6.81. The molecule has 1 aliphatic rings. The van der Waals surface area contributed by atoms with Crippen molar-refractivity contribution in [3.8, 4) is 0 Å². The average Bonchev–Trinajstić information content (AvgIpc) is 2.37. The average molecular weight is 268 g/mol. The Morgan fingerprint density at radius 1 is 0.889 bits per heavy atom. The van der Waals surface area contributed by atoms with Crippen molar-refractivity contribution in [1.82, 2.24) is 0 Å². The molecule has 0 spiro atoms. The lowest BCUT2D eigenvalue weighted by Crippen LogP contribution is -2.31. The second kappa shape index (κ2) is 8.90. The van der Waals surface area contributed by atoms with Crippen molar-refractivity contribution >= 4 is 14.3 Å². The Balaban J connectivity index is 2.41. The molecule has 2 heteroatoms. The molecule has 0 N–H and O–H groups in total. The summed E-state index contributed by atoms with van der Waals surface area (Å²) in [6.07, 6.45) is 12.1. The summed E-state index contributed by atoms with van der Waals surface area (Å²) in [6, 6.07) is 6.26. The largest absolute Gasteiger partial charge is 0.295 e. The van der Waals surface area contributed by atoms with Crippen molar-refractivity contribution in [2.75, 3.05) is 0 Å². The molecule has 1 aliphatic carbocycles. The second-order valence-electron chi connectivity index (χ2n) is 6.10. The number of aliphatic imine (C=N–C) groups is 1. The van der Waals surface area contributed by atoms with Crippen LogP contribution in [0.1, 0.15) is 65.7 Å². The predicted octanol–water partition coefficient (Wildman–Crippen LogP) is 5.68. The van der Waals surface area contributed by atoms with Gasteiger partial charge in [-0.2, -0.15) is 0 Å². The van der Waals surface area contributed by atoms with Gasteiger partial charge in [-0.25, -0.2) is 0 Å². The van der Waals surface area contributed by atoms with Gasteiger partial charge in [0, 0.05) is 6.04 Å². The summed E-state index contributed by atoms with van der Waals surface area (Å²) in [4.78, 5) is 4.92. The number of rotatable bonds is 6. The van der Waals surface area contributed by atoms with Gasteiger partial charge in [-0.15, -0.1) is 0 Å². The molecule has 0 unspecified atom stereocenters. The Hall–Kier alpha value is -0.113. The monoisotopic (exact) mass is 267 g/mol. The molecule has 0 bridgehead atoms. The first-order valence-electron chi connectivity index (χ1n) is 8.28. The number of hydrogen-bond acceptors (Lipinski definition) is 1. The fourth-order valence-corrected chi connectivity index (χ4v) is 6.02. The zero-order valence-corrected chi connectivity index (χ0v) is 13.9. The molecular formula is C16H33NSi. The Bertz CT molecular complexity index is 217. The molecule has 18 heavy (non-hydrogen) atoms. The van der Waals surface area contributed by atoms with E-state index >= 15 is 0 Å². The zero-order valence-electron chi connectivity index (χ0n) is 12.9. The topological polar surface area (TPSA) is 12.4 Å². The molecular weight excluding hydrogens is 234 g/mol. The quantitative estimate of drug-likeness (QED) is 0.434. The highest BCUT2D eigenvalue weighted by Crippen LogP contribution is 2.24. The Kier molecular flexibility index (Phi) is 7.88. The van der Waals surface area contributed by atoms with Crippen LogP contribution in [-0.4, -0.2) is 20.3 Å². The van der Waals surface area contributed by atoms with E-state index in [-0.39, 0.29) is 0 Å². The van der Waals surface area contributed by atoms with Crippen molar-refractivity contribution in [2.24, 2.45) is 4.99 Å². The van der Waals surface area contributed by atoms with Crippen LogP contribution < -0.4 is 0 Å². The van der Waals surface area contributed by atoms with Gasteiger partial charge in [-0.1, -0.05) is 71.0 Å². The summed E-state index contributed by atoms with van der Waals surface area (Å²) in [5.74, 6) is 0. The lowest BCUT2D eigenvalue weighted by atomic mass is 9.97. The SMILES string of the molecule is CC[Si](CC)(CC)CC=NC1CCCCCCC1. The van der Waals surface area contributed by atoms with E-state index in [1.165, 1.54) is 69.1 Å². The van der Waals surface area contributed by atoms with Crippen LogP contribution in [0.15, 0.2) is 4.99 Å². The van der Waals surface area contributed by atoms with Crippen molar-refractivity contribution in [2.45, 2.75) is 95.9 Å². The Morgan fingerprint density at radius 2 is 1.39 bits per heavy atom. The van der Waals surface area contributed by atoms with E-state index < -0.39 is 8.07 Å². The van der Waals surface area contributed by atoms with Gasteiger partial charge < -0.3 is 0 Å². The minimum atomic E-state index is -0.974. The molecule has 0 heterocycles. The molecule has 0 radical (unpaired) electrons. The standard InChI is InChI=1S/C16H33NSi/c1-4-18(5-2,6-3)15-14-17-16-12-10-8-7-9-11-13-16/h14,16H,4-13,15H2,1-3H3. The highest BCUT2D eigenvalue weighted by atomic mass is 28.3. The molecule has 0 amide bonds. The lowest BCUT2D eigenvalue weighted by molar-refractivity contribution is 0.456. The minimum absolute atomic E-state index is 0.655. The molecule has 0 aromatic rings. The van der Waals surface area contributed by atoms with Crippen LogP contribution in [0.5, 0.6) is 0 Å². The van der Waals surface area contributed by atoms with Gasteiger partial charge in [0.2, 0.25) is 0 Å². The van der Waals surface area contributed by atoms with Crippen LogP contribution in [0.2, 0.25) is 24.2 Å². The van der Waals surface area contributed by atoms with Crippen LogP contribution >= 0.6 is 0 Å². The molecule has 0 atom stereocenters. The molecule has 1 nitrogen and oxygen atoms in total. The van der Waals surface area contributed by atoms with Crippen LogP contribution in [0.3, 0.4) is 0 Å². The van der Waals surface area contributed by atoms with E-state index in [1.54, 1.807) is 0 Å². The highest BCUT2D eigenvalue weighted by Gasteiger charge is 2.25. The van der Waals surface area contributed by atoms with E-state index in [9.17, 15) is 0 Å². The maximum absolute atomic E-state index is 4.92. The molecule has 0 aromatic heterocycles. The Morgan fingerprint density at radius 3 is 1.89 bits per heavy atom. The summed E-state index contributed by atoms with van der Waals surface area (Å²) in [5, 5.41) is 0. The van der Waals surface area contributed by atoms with Gasteiger partial charge in [0.1, 0.15) is 0 Å². The smallest absolute Gasteiger partial charge is 0.0581 e. The summed E-state index contributed by atoms with van der Waals surface area (Å²) >= 11 is 0. The van der Waals surface area contributed by atoms with Gasteiger partial charge in [0.15, 0.2) is 0 Å². The molecule has 0 aromatic carbocycles. The maximum atomic E-state index is 4.92. The minimum Gasteiger partial charge on any atom is -0.295 e. The van der Waals surface area contributed by atoms with Crippen LogP contribution in [0.4, 0.5) is 0 Å². The van der Waals surface area contributed by atoms with E-state index in [4.69, 9.17) is 4.99 Å². The fourth-order valence-electron chi connectivity index (χ4n) is 3.16. The third kappa shape index (κ3) is 5.25. The van der Waals surface area contributed by atoms with E-state index in [0.717, 1.165) is 0 Å². The zero-order chi connectivity index (χ0) is 13.3. The molecule has 0 aliphatic heterocycles. The van der Waals surface area contributed by atoms with E-state index in [2.05, 4.69) is 27.0 Å². The second-order valence-corrected chi connectivity index (χ2v) is 11.6. The molecule has 1 fully saturated rings. The fraction of sp³-hybridized carbons (Fsp3) is 0.938. The summed E-state index contributed by atoms with van der Waals surface area (Å²) < 4.78 is 0. The van der Waals surface area contributed by atoms with E-state index in [1.807, 2.05) is 0 Å². The van der Waals surface area contributed by atoms with Crippen LogP contribution in [0, 0.1) is 0 Å². The first-order valence-corrected chi connectivity index (χ1v) is 11.1. The van der Waals surface area contributed by atoms with Gasteiger partial charge in [0.05, 0.1) is 8.07 Å². The summed E-state index contributed by atoms with van der Waals surface area (Å²) in [6.45, 7) is 7.18. The first kappa shape index (κ1) is 15.9. The number of nitrogens with zero attached hydrogens (tertiary/aromatic N) is 1. The van der Waals surface area contributed by atoms with E-state index in [0.29, 0.717) is 6.04 Å². The normalized spacial score (nSPS) is 19.9. The molecule has 0 saturated heterocycles. The van der Waals surface area contributed by atoms with Crippen LogP contribution in [-0.2, 0) is 0 Å². The number of hydrogen-bond donors (Lipinski definition) is 0. The van der Waals surface area contributed by atoms with Gasteiger partial charge >= 0.3 is 0 Å². The van der Waals surface area contributed by atoms with Crippen molar-refractivity contribution in [1.29, 1.82) is 0 Å². The molecule has 106 valence electrons. The van der Waals surface area contributed by atoms with Crippen molar-refractivity contribution in [3.05, 3.63) is 0 Å². The third-order valence-corrected chi connectivity index (χ3v) is 10.7. The lowest BCUT2D eigenvalue weighted by Gasteiger charge is -2.26. The summed E-state index contributed by atoms with van der Waals surface area (Å²) in [7, 11) is -0.974. The van der Waals surface area contributed by atoms with Crippen molar-refractivity contribution in [3.63, 3.8) is 0 Å². The molecule has 1 saturated carbocycles. The van der Waals surface area contributed by atoms with Gasteiger partial charge in [0.25, 0.3) is 0 Å². The van der Waals surface area contributed by atoms with Crippen molar-refractivity contribution < 1.29 is 0 Å². The van der Waals surface area contributed by atoms with Crippen LogP contribution in [0.25, 0.3) is 0 Å².